The summed E-state index contributed by atoms with van der Waals surface area (Å²) in [5.74, 6) is -0.343. The van der Waals surface area contributed by atoms with E-state index in [1.54, 1.807) is 0 Å². The van der Waals surface area contributed by atoms with Gasteiger partial charge in [-0.3, -0.25) is 5.41 Å². The molecule has 157 valence electrons. The number of hydrogen-bond donors (Lipinski definition) is 3. The number of fused-ring (bicyclic) bond motifs is 1. The predicted molar refractivity (Wildman–Crippen MR) is 119 cm³/mol. The molecule has 4 nitrogen and oxygen atoms in total. The number of benzene rings is 2. The van der Waals surface area contributed by atoms with Crippen molar-refractivity contribution in [3.8, 4) is 0 Å². The van der Waals surface area contributed by atoms with Gasteiger partial charge in [0.15, 0.2) is 0 Å². The van der Waals surface area contributed by atoms with E-state index in [-0.39, 0.29) is 28.1 Å². The van der Waals surface area contributed by atoms with Crippen LogP contribution in [0.25, 0.3) is 0 Å². The maximum Gasteiger partial charge on any atom is 0.211 e. The second-order valence-corrected chi connectivity index (χ2v) is 7.73. The Kier molecular flexibility index (Phi) is 8.42. The number of aryl methyl sites for hydroxylation is 3. The fraction of sp³-hybridized carbons (Fsp3) is 0.333. The molecule has 29 heavy (non-hydrogen) atoms. The topological polar surface area (TPSA) is 71.2 Å². The van der Waals surface area contributed by atoms with Crippen molar-refractivity contribution in [2.24, 2.45) is 0 Å². The van der Waals surface area contributed by atoms with Crippen molar-refractivity contribution in [2.45, 2.75) is 47.0 Å². The molecular weight excluding hydrogens is 405 g/mol. The summed E-state index contributed by atoms with van der Waals surface area (Å²) < 4.78 is 0. The number of para-hydroxylation sites is 1. The van der Waals surface area contributed by atoms with E-state index in [1.807, 2.05) is 39.0 Å². The van der Waals surface area contributed by atoms with Crippen LogP contribution in [0.4, 0.5) is 5.69 Å². The molecule has 0 saturated carbocycles. The minimum atomic E-state index is -0.343. The Morgan fingerprint density at radius 1 is 1.10 bits per heavy atom. The van der Waals surface area contributed by atoms with Crippen LogP contribution in [-0.4, -0.2) is 23.8 Å². The Hall–Kier alpha value is -2.37. The maximum atomic E-state index is 9.06. The van der Waals surface area contributed by atoms with E-state index in [9.17, 15) is 0 Å². The second kappa shape index (κ2) is 9.90. The predicted octanol–water partition coefficient (Wildman–Crippen LogP) is 5.83. The molecule has 5 heteroatoms. The van der Waals surface area contributed by atoms with Crippen LogP contribution in [-0.2, 0) is 22.2 Å². The minimum absolute atomic E-state index is 0. The van der Waals surface area contributed by atoms with Gasteiger partial charge in [-0.15, -0.1) is 0 Å². The molecule has 0 spiro atoms. The fourth-order valence-electron chi connectivity index (χ4n) is 4.11. The van der Waals surface area contributed by atoms with E-state index in [2.05, 4.69) is 49.9 Å². The number of aliphatic hydroxyl groups excluding tert-OH is 1. The van der Waals surface area contributed by atoms with Crippen LogP contribution in [0.3, 0.4) is 0 Å². The van der Waals surface area contributed by atoms with Crippen LogP contribution in [0, 0.1) is 31.6 Å². The van der Waals surface area contributed by atoms with E-state index in [0.29, 0.717) is 5.56 Å². The zero-order valence-electron chi connectivity index (χ0n) is 18.1. The molecule has 0 bridgehead atoms. The first-order valence-electron chi connectivity index (χ1n) is 9.59. The maximum absolute atomic E-state index is 9.06. The summed E-state index contributed by atoms with van der Waals surface area (Å²) in [7, 11) is 0. The van der Waals surface area contributed by atoms with Crippen LogP contribution in [0.1, 0.15) is 48.6 Å². The first-order chi connectivity index (χ1) is 13.1. The molecule has 0 aliphatic carbocycles. The molecule has 0 aromatic heterocycles. The Balaban J connectivity index is 0.000000292. The van der Waals surface area contributed by atoms with Crippen LogP contribution >= 0.6 is 0 Å². The fourth-order valence-corrected chi connectivity index (χ4v) is 4.11. The monoisotopic (exact) mass is 436 g/mol. The molecule has 0 atom stereocenters. The number of likely N-dealkylation sites (N-methyl/N-ethyl adjacent to an activating group) is 1. The SMILES string of the molecule is CCN1/C(=C\C=N)C(C)(C)c2ccccc21.Cc1cc(C)c(C(=N)O)c(C)c1.[Co]. The van der Waals surface area contributed by atoms with E-state index in [1.165, 1.54) is 23.2 Å². The van der Waals surface area contributed by atoms with Gasteiger partial charge in [0.05, 0.1) is 0 Å². The quantitative estimate of drug-likeness (QED) is 0.418. The Bertz CT molecular complexity index is 908. The third kappa shape index (κ3) is 4.97. The van der Waals surface area contributed by atoms with Gasteiger partial charge in [-0.25, -0.2) is 0 Å². The summed E-state index contributed by atoms with van der Waals surface area (Å²) in [5, 5.41) is 23.5. The molecule has 0 saturated heterocycles. The number of hydrogen-bond acceptors (Lipinski definition) is 3. The molecule has 1 radical (unpaired) electrons. The average Bonchev–Trinajstić information content (AvgIpc) is 2.82. The van der Waals surface area contributed by atoms with Crippen LogP contribution < -0.4 is 4.90 Å². The van der Waals surface area contributed by atoms with Gasteiger partial charge in [0.25, 0.3) is 0 Å². The summed E-state index contributed by atoms with van der Waals surface area (Å²) in [4.78, 5) is 2.29. The number of rotatable bonds is 3. The number of aliphatic hydroxyl groups is 1. The van der Waals surface area contributed by atoms with Crippen molar-refractivity contribution in [3.63, 3.8) is 0 Å². The zero-order chi connectivity index (χ0) is 21.1. The summed E-state index contributed by atoms with van der Waals surface area (Å²) in [6.45, 7) is 13.3. The molecule has 0 unspecified atom stereocenters. The van der Waals surface area contributed by atoms with Crippen LogP contribution in [0.2, 0.25) is 0 Å². The summed E-state index contributed by atoms with van der Waals surface area (Å²) in [5.41, 5.74) is 7.58. The van der Waals surface area contributed by atoms with Crippen LogP contribution in [0.5, 0.6) is 0 Å². The van der Waals surface area contributed by atoms with Gasteiger partial charge in [0.2, 0.25) is 5.90 Å². The summed E-state index contributed by atoms with van der Waals surface area (Å²) in [6, 6.07) is 12.4. The van der Waals surface area contributed by atoms with E-state index < -0.39 is 0 Å². The van der Waals surface area contributed by atoms with E-state index in [0.717, 1.165) is 23.2 Å². The molecule has 2 aromatic rings. The molecule has 0 fully saturated rings. The van der Waals surface area contributed by atoms with Crippen molar-refractivity contribution >= 4 is 17.8 Å². The number of nitrogens with one attached hydrogen (secondary N) is 2. The Morgan fingerprint density at radius 3 is 2.14 bits per heavy atom. The molecule has 1 aliphatic rings. The van der Waals surface area contributed by atoms with Crippen molar-refractivity contribution in [3.05, 3.63) is 76.0 Å². The normalized spacial score (nSPS) is 15.1. The molecule has 3 rings (SSSR count). The summed E-state index contributed by atoms with van der Waals surface area (Å²) >= 11 is 0. The second-order valence-electron chi connectivity index (χ2n) is 7.73. The van der Waals surface area contributed by atoms with E-state index >= 15 is 0 Å². The van der Waals surface area contributed by atoms with Crippen LogP contribution in [0.15, 0.2) is 48.2 Å². The van der Waals surface area contributed by atoms with Gasteiger partial charge < -0.3 is 15.4 Å². The Morgan fingerprint density at radius 2 is 1.66 bits per heavy atom. The van der Waals surface area contributed by atoms with Gasteiger partial charge in [-0.1, -0.05) is 49.7 Å². The standard InChI is InChI=1S/C14H18N2.C10H13NO.Co/c1-4-16-12-8-6-5-7-11(12)14(2,3)13(16)9-10-15;1-6-4-7(2)9(10(11)12)8(3)5-6;/h5-10,15H,4H2,1-3H3;4-5H,1-3H3,(H2,11,12);/b13-9-,15-10?;;. The molecule has 3 N–H and O–H groups in total. The smallest absolute Gasteiger partial charge is 0.211 e. The number of anilines is 1. The first-order valence-corrected chi connectivity index (χ1v) is 9.59. The van der Waals surface area contributed by atoms with Gasteiger partial charge in [-0.2, -0.15) is 0 Å². The summed E-state index contributed by atoms with van der Waals surface area (Å²) in [6.07, 6.45) is 3.29. The van der Waals surface area contributed by atoms with Crippen molar-refractivity contribution in [2.75, 3.05) is 11.4 Å². The van der Waals surface area contributed by atoms with Crippen molar-refractivity contribution in [1.82, 2.24) is 0 Å². The van der Waals surface area contributed by atoms with Gasteiger partial charge in [0.1, 0.15) is 0 Å². The largest absolute Gasteiger partial charge is 0.493 e. The molecule has 1 heterocycles. The molecular formula is C24H31CoN3O. The molecule has 1 aliphatic heterocycles. The van der Waals surface area contributed by atoms with Gasteiger partial charge in [0, 0.05) is 51.9 Å². The van der Waals surface area contributed by atoms with Crippen molar-refractivity contribution < 1.29 is 21.9 Å². The van der Waals surface area contributed by atoms with Crippen molar-refractivity contribution in [1.29, 1.82) is 10.8 Å². The third-order valence-corrected chi connectivity index (χ3v) is 5.27. The zero-order valence-corrected chi connectivity index (χ0v) is 19.1. The minimum Gasteiger partial charge on any atom is -0.493 e. The first kappa shape index (κ1) is 24.7. The Labute approximate surface area is 184 Å². The van der Waals surface area contributed by atoms with E-state index in [4.69, 9.17) is 15.9 Å². The van der Waals surface area contributed by atoms with Gasteiger partial charge >= 0.3 is 0 Å². The van der Waals surface area contributed by atoms with Gasteiger partial charge in [-0.05, 0) is 56.5 Å². The molecule has 2 aromatic carbocycles. The third-order valence-electron chi connectivity index (χ3n) is 5.27. The average molecular weight is 436 g/mol. The number of allylic oxidation sites excluding steroid dienone is 2. The molecule has 0 amide bonds. The number of nitrogens with zero attached hydrogens (tertiary/aromatic N) is 1.